The number of anilines is 1. The number of thioether (sulfide) groups is 1. The fourth-order valence-electron chi connectivity index (χ4n) is 2.55. The van der Waals surface area contributed by atoms with Crippen LogP contribution in [-0.4, -0.2) is 23.9 Å². The molecular weight excluding hydrogens is 381 g/mol. The highest BCUT2D eigenvalue weighted by Gasteiger charge is 2.31. The second-order valence-corrected chi connectivity index (χ2v) is 6.88. The number of carbonyl (C=O) groups excluding carboxylic acids is 2. The van der Waals surface area contributed by atoms with E-state index in [2.05, 4.69) is 15.4 Å². The third-order valence-electron chi connectivity index (χ3n) is 3.84. The van der Waals surface area contributed by atoms with Crippen molar-refractivity contribution in [1.82, 2.24) is 5.32 Å². The lowest BCUT2D eigenvalue weighted by Gasteiger charge is -2.18. The number of hydrogen-bond acceptors (Lipinski definition) is 4. The van der Waals surface area contributed by atoms with E-state index < -0.39 is 12.4 Å². The van der Waals surface area contributed by atoms with E-state index in [-0.39, 0.29) is 17.6 Å². The molecule has 0 aliphatic carbocycles. The van der Waals surface area contributed by atoms with E-state index in [1.807, 2.05) is 0 Å². The summed E-state index contributed by atoms with van der Waals surface area (Å²) >= 11 is 1.40. The van der Waals surface area contributed by atoms with Crippen molar-refractivity contribution in [2.45, 2.75) is 24.2 Å². The Morgan fingerprint density at radius 1 is 1.22 bits per heavy atom. The Labute approximate surface area is 157 Å². The molecule has 0 radical (unpaired) electrons. The van der Waals surface area contributed by atoms with Gasteiger partial charge in [0.25, 0.3) is 5.91 Å². The maximum absolute atomic E-state index is 12.4. The third-order valence-corrected chi connectivity index (χ3v) is 4.91. The summed E-state index contributed by atoms with van der Waals surface area (Å²) in [5, 5.41) is 5.50. The number of halogens is 3. The number of carbonyl (C=O) groups is 2. The highest BCUT2D eigenvalue weighted by molar-refractivity contribution is 8.00. The molecule has 0 spiro atoms. The quantitative estimate of drug-likeness (QED) is 0.816. The van der Waals surface area contributed by atoms with Gasteiger partial charge in [0.05, 0.1) is 17.5 Å². The number of ether oxygens (including phenoxy) is 1. The number of fused-ring (bicyclic) bond motifs is 1. The van der Waals surface area contributed by atoms with Gasteiger partial charge in [0.2, 0.25) is 5.91 Å². The van der Waals surface area contributed by atoms with Gasteiger partial charge in [-0.2, -0.15) is 0 Å². The average Bonchev–Trinajstić information content (AvgIpc) is 2.60. The lowest BCUT2D eigenvalue weighted by Crippen LogP contribution is -2.27. The largest absolute Gasteiger partial charge is 0.573 e. The fraction of sp³-hybridized carbons (Fsp3) is 0.222. The molecule has 1 unspecified atom stereocenters. The molecule has 2 N–H and O–H groups in total. The van der Waals surface area contributed by atoms with Crippen molar-refractivity contribution in [1.29, 1.82) is 0 Å². The molecule has 27 heavy (non-hydrogen) atoms. The molecule has 2 amide bonds. The predicted octanol–water partition coefficient (Wildman–Crippen LogP) is 4.12. The molecule has 2 aromatic rings. The van der Waals surface area contributed by atoms with Gasteiger partial charge in [-0.05, 0) is 42.8 Å². The minimum absolute atomic E-state index is 0.125. The Balaban J connectivity index is 1.67. The van der Waals surface area contributed by atoms with Gasteiger partial charge in [0.1, 0.15) is 5.75 Å². The lowest BCUT2D eigenvalue weighted by molar-refractivity contribution is -0.274. The van der Waals surface area contributed by atoms with Crippen LogP contribution >= 0.6 is 11.8 Å². The van der Waals surface area contributed by atoms with Crippen molar-refractivity contribution in [3.05, 3.63) is 53.6 Å². The van der Waals surface area contributed by atoms with Crippen LogP contribution in [0.1, 0.15) is 28.9 Å². The van der Waals surface area contributed by atoms with Gasteiger partial charge in [0, 0.05) is 10.5 Å². The Morgan fingerprint density at radius 2 is 1.93 bits per heavy atom. The molecule has 0 saturated carbocycles. The average molecular weight is 396 g/mol. The van der Waals surface area contributed by atoms with Crippen molar-refractivity contribution < 1.29 is 27.5 Å². The zero-order valence-electron chi connectivity index (χ0n) is 14.1. The summed E-state index contributed by atoms with van der Waals surface area (Å²) in [4.78, 5) is 24.8. The number of amides is 2. The van der Waals surface area contributed by atoms with Crippen LogP contribution in [-0.2, 0) is 4.79 Å². The van der Waals surface area contributed by atoms with Crippen LogP contribution in [0, 0.1) is 0 Å². The number of nitrogens with one attached hydrogen (secondary N) is 2. The number of hydrogen-bond donors (Lipinski definition) is 2. The maximum atomic E-state index is 12.4. The fourth-order valence-corrected chi connectivity index (χ4v) is 3.33. The standard InChI is InChI=1S/C18H15F3N2O3S/c1-10(11-2-5-13(6-3-11)26-18(19,20)21)22-17(25)12-4-7-15-14(8-12)23-16(24)9-27-15/h2-8,10H,9H2,1H3,(H,22,25)(H,23,24). The molecule has 9 heteroatoms. The first-order valence-corrected chi connectivity index (χ1v) is 8.93. The summed E-state index contributed by atoms with van der Waals surface area (Å²) in [5.41, 5.74) is 1.59. The van der Waals surface area contributed by atoms with E-state index in [1.165, 1.54) is 36.0 Å². The molecule has 1 heterocycles. The number of benzene rings is 2. The normalized spacial score (nSPS) is 14.7. The Hall–Kier alpha value is -2.68. The molecule has 0 bridgehead atoms. The van der Waals surface area contributed by atoms with Gasteiger partial charge in [-0.25, -0.2) is 0 Å². The first-order valence-electron chi connectivity index (χ1n) is 7.94. The van der Waals surface area contributed by atoms with Crippen molar-refractivity contribution in [2.75, 3.05) is 11.1 Å². The number of rotatable bonds is 4. The van der Waals surface area contributed by atoms with E-state index >= 15 is 0 Å². The van der Waals surface area contributed by atoms with Crippen molar-refractivity contribution >= 4 is 29.3 Å². The molecule has 142 valence electrons. The minimum Gasteiger partial charge on any atom is -0.406 e. The third kappa shape index (κ3) is 4.94. The summed E-state index contributed by atoms with van der Waals surface area (Å²) in [6, 6.07) is 9.88. The van der Waals surface area contributed by atoms with Crippen LogP contribution < -0.4 is 15.4 Å². The maximum Gasteiger partial charge on any atom is 0.573 e. The molecule has 1 atom stereocenters. The monoisotopic (exact) mass is 396 g/mol. The van der Waals surface area contributed by atoms with Crippen LogP contribution in [0.5, 0.6) is 5.75 Å². The predicted molar refractivity (Wildman–Crippen MR) is 94.8 cm³/mol. The van der Waals surface area contributed by atoms with Crippen LogP contribution in [0.3, 0.4) is 0 Å². The van der Waals surface area contributed by atoms with Gasteiger partial charge >= 0.3 is 6.36 Å². The van der Waals surface area contributed by atoms with Gasteiger partial charge in [-0.15, -0.1) is 24.9 Å². The second-order valence-electron chi connectivity index (χ2n) is 5.86. The van der Waals surface area contributed by atoms with E-state index in [0.717, 1.165) is 4.90 Å². The first kappa shape index (κ1) is 19.1. The van der Waals surface area contributed by atoms with Gasteiger partial charge in [-0.3, -0.25) is 9.59 Å². The van der Waals surface area contributed by atoms with Crippen molar-refractivity contribution in [2.24, 2.45) is 0 Å². The summed E-state index contributed by atoms with van der Waals surface area (Å²) in [6.07, 6.45) is -4.75. The molecule has 3 rings (SSSR count). The summed E-state index contributed by atoms with van der Waals surface area (Å²) in [5.74, 6) is -0.470. The van der Waals surface area contributed by atoms with Crippen LogP contribution in [0.15, 0.2) is 47.4 Å². The SMILES string of the molecule is CC(NC(=O)c1ccc2c(c1)NC(=O)CS2)c1ccc(OC(F)(F)F)cc1. The zero-order valence-corrected chi connectivity index (χ0v) is 14.9. The zero-order chi connectivity index (χ0) is 19.6. The minimum atomic E-state index is -4.75. The lowest BCUT2D eigenvalue weighted by atomic mass is 10.1. The molecule has 1 aliphatic rings. The molecule has 5 nitrogen and oxygen atoms in total. The molecule has 0 fully saturated rings. The van der Waals surface area contributed by atoms with E-state index in [0.29, 0.717) is 22.6 Å². The molecule has 0 aromatic heterocycles. The van der Waals surface area contributed by atoms with Crippen LogP contribution in [0.2, 0.25) is 0 Å². The summed E-state index contributed by atoms with van der Waals surface area (Å²) < 4.78 is 40.4. The Kier molecular flexibility index (Phi) is 5.31. The Morgan fingerprint density at radius 3 is 2.59 bits per heavy atom. The molecule has 1 aliphatic heterocycles. The number of alkyl halides is 3. The van der Waals surface area contributed by atoms with Crippen molar-refractivity contribution in [3.8, 4) is 5.75 Å². The molecule has 0 saturated heterocycles. The van der Waals surface area contributed by atoms with Gasteiger partial charge < -0.3 is 15.4 Å². The van der Waals surface area contributed by atoms with Crippen molar-refractivity contribution in [3.63, 3.8) is 0 Å². The molecular formula is C18H15F3N2O3S. The van der Waals surface area contributed by atoms with E-state index in [4.69, 9.17) is 0 Å². The Bertz CT molecular complexity index is 869. The smallest absolute Gasteiger partial charge is 0.406 e. The summed E-state index contributed by atoms with van der Waals surface area (Å²) in [6.45, 7) is 1.72. The highest BCUT2D eigenvalue weighted by atomic mass is 32.2. The van der Waals surface area contributed by atoms with Crippen LogP contribution in [0.4, 0.5) is 18.9 Å². The summed E-state index contributed by atoms with van der Waals surface area (Å²) in [7, 11) is 0. The van der Waals surface area contributed by atoms with E-state index in [1.54, 1.807) is 25.1 Å². The second kappa shape index (κ2) is 7.51. The first-order chi connectivity index (χ1) is 12.7. The highest BCUT2D eigenvalue weighted by Crippen LogP contribution is 2.32. The van der Waals surface area contributed by atoms with E-state index in [9.17, 15) is 22.8 Å². The van der Waals surface area contributed by atoms with Crippen LogP contribution in [0.25, 0.3) is 0 Å². The topological polar surface area (TPSA) is 67.4 Å². The van der Waals surface area contributed by atoms with Gasteiger partial charge in [-0.1, -0.05) is 12.1 Å². The van der Waals surface area contributed by atoms with Gasteiger partial charge in [0.15, 0.2) is 0 Å². The molecule has 2 aromatic carbocycles.